The summed E-state index contributed by atoms with van der Waals surface area (Å²) in [7, 11) is -1.91. The van der Waals surface area contributed by atoms with Crippen molar-refractivity contribution in [3.05, 3.63) is 0 Å². The smallest absolute Gasteiger partial charge is 0.281 e. The van der Waals surface area contributed by atoms with E-state index in [1.165, 1.54) is 8.61 Å². The van der Waals surface area contributed by atoms with E-state index in [0.29, 0.717) is 6.54 Å². The molecule has 0 saturated heterocycles. The van der Waals surface area contributed by atoms with Crippen LogP contribution in [0.5, 0.6) is 0 Å². The van der Waals surface area contributed by atoms with Crippen LogP contribution in [-0.4, -0.2) is 49.0 Å². The summed E-state index contributed by atoms with van der Waals surface area (Å²) < 4.78 is 27.5. The average molecular weight is 278 g/mol. The van der Waals surface area contributed by atoms with Gasteiger partial charge in [0.25, 0.3) is 10.2 Å². The lowest BCUT2D eigenvalue weighted by atomic mass is 10.2. The van der Waals surface area contributed by atoms with E-state index in [0.717, 1.165) is 0 Å². The van der Waals surface area contributed by atoms with Crippen LogP contribution >= 0.6 is 0 Å². The molecule has 0 radical (unpaired) electrons. The second kappa shape index (κ2) is 7.06. The summed E-state index contributed by atoms with van der Waals surface area (Å²) in [5.74, 6) is 0.235. The molecule has 0 bridgehead atoms. The molecule has 0 aliphatic carbocycles. The number of nitrogens with two attached hydrogens (primary N) is 1. The van der Waals surface area contributed by atoms with Gasteiger partial charge in [-0.15, -0.1) is 0 Å². The number of amidine groups is 1. The third-order valence-corrected chi connectivity index (χ3v) is 4.75. The molecule has 0 fully saturated rings. The van der Waals surface area contributed by atoms with Gasteiger partial charge in [-0.1, -0.05) is 13.8 Å². The molecule has 7 heteroatoms. The normalized spacial score (nSPS) is 12.9. The lowest BCUT2D eigenvalue weighted by Crippen LogP contribution is -2.47. The summed E-state index contributed by atoms with van der Waals surface area (Å²) in [5.41, 5.74) is 5.30. The number of rotatable bonds is 8. The highest BCUT2D eigenvalue weighted by molar-refractivity contribution is 7.86. The first-order valence-electron chi connectivity index (χ1n) is 6.15. The fourth-order valence-electron chi connectivity index (χ4n) is 1.40. The maximum atomic E-state index is 12.4. The molecular weight excluding hydrogens is 252 g/mol. The average Bonchev–Trinajstić information content (AvgIpc) is 2.21. The molecule has 3 N–H and O–H groups in total. The van der Waals surface area contributed by atoms with Crippen LogP contribution in [0.3, 0.4) is 0 Å². The topological polar surface area (TPSA) is 90.5 Å². The molecular formula is C11H26N4O2S. The minimum atomic E-state index is -3.48. The lowest BCUT2D eigenvalue weighted by Gasteiger charge is -2.30. The highest BCUT2D eigenvalue weighted by atomic mass is 32.2. The molecule has 108 valence electrons. The monoisotopic (exact) mass is 278 g/mol. The van der Waals surface area contributed by atoms with Gasteiger partial charge in [0.1, 0.15) is 0 Å². The lowest BCUT2D eigenvalue weighted by molar-refractivity contribution is 0.317. The molecule has 0 amide bonds. The maximum Gasteiger partial charge on any atom is 0.281 e. The van der Waals surface area contributed by atoms with Gasteiger partial charge in [-0.3, -0.25) is 5.41 Å². The van der Waals surface area contributed by atoms with Crippen molar-refractivity contribution in [2.45, 2.75) is 40.2 Å². The van der Waals surface area contributed by atoms with Gasteiger partial charge in [0.05, 0.1) is 5.84 Å². The van der Waals surface area contributed by atoms with Crippen LogP contribution in [0.25, 0.3) is 0 Å². The molecule has 0 aliphatic heterocycles. The summed E-state index contributed by atoms with van der Waals surface area (Å²) in [6.07, 6.45) is 0.262. The van der Waals surface area contributed by atoms with E-state index in [-0.39, 0.29) is 30.8 Å². The molecule has 18 heavy (non-hydrogen) atoms. The van der Waals surface area contributed by atoms with E-state index in [4.69, 9.17) is 11.1 Å². The first-order chi connectivity index (χ1) is 8.09. The first kappa shape index (κ1) is 17.3. The van der Waals surface area contributed by atoms with Crippen LogP contribution in [0.2, 0.25) is 0 Å². The summed E-state index contributed by atoms with van der Waals surface area (Å²) in [6.45, 7) is 8.28. The van der Waals surface area contributed by atoms with Crippen molar-refractivity contribution in [1.29, 1.82) is 5.41 Å². The van der Waals surface area contributed by atoms with Crippen molar-refractivity contribution < 1.29 is 8.42 Å². The van der Waals surface area contributed by atoms with Crippen LogP contribution in [0, 0.1) is 11.3 Å². The van der Waals surface area contributed by atoms with Crippen LogP contribution in [0.4, 0.5) is 0 Å². The largest absolute Gasteiger partial charge is 0.388 e. The van der Waals surface area contributed by atoms with Crippen molar-refractivity contribution >= 4 is 16.0 Å². The van der Waals surface area contributed by atoms with Crippen molar-refractivity contribution in [3.63, 3.8) is 0 Å². The SMILES string of the molecule is CC(C)CN(CCC(=N)N)S(=O)(=O)N(C)C(C)C. The summed E-state index contributed by atoms with van der Waals surface area (Å²) in [5, 5.41) is 7.21. The Bertz CT molecular complexity index is 365. The predicted octanol–water partition coefficient (Wildman–Crippen LogP) is 0.855. The summed E-state index contributed by atoms with van der Waals surface area (Å²) in [6, 6.07) is -0.0954. The van der Waals surface area contributed by atoms with Gasteiger partial charge in [-0.25, -0.2) is 0 Å². The third kappa shape index (κ3) is 5.32. The number of hydrogen-bond donors (Lipinski definition) is 2. The molecule has 0 rings (SSSR count). The zero-order chi connectivity index (χ0) is 14.5. The first-order valence-corrected chi connectivity index (χ1v) is 7.54. The minimum absolute atomic E-state index is 0.00570. The highest BCUT2D eigenvalue weighted by Crippen LogP contribution is 2.13. The Balaban J connectivity index is 4.98. The number of nitrogens with one attached hydrogen (secondary N) is 1. The molecule has 0 aromatic heterocycles. The Hall–Kier alpha value is -0.660. The molecule has 0 aliphatic rings. The molecule has 6 nitrogen and oxygen atoms in total. The number of hydrogen-bond acceptors (Lipinski definition) is 3. The zero-order valence-corrected chi connectivity index (χ0v) is 12.8. The van der Waals surface area contributed by atoms with E-state index >= 15 is 0 Å². The molecule has 0 spiro atoms. The molecule has 0 saturated carbocycles. The molecule has 0 aromatic carbocycles. The second-order valence-corrected chi connectivity index (χ2v) is 7.13. The van der Waals surface area contributed by atoms with Crippen LogP contribution in [-0.2, 0) is 10.2 Å². The van der Waals surface area contributed by atoms with E-state index in [9.17, 15) is 8.42 Å². The second-order valence-electron chi connectivity index (χ2n) is 5.14. The maximum absolute atomic E-state index is 12.4. The summed E-state index contributed by atoms with van der Waals surface area (Å²) >= 11 is 0. The quantitative estimate of drug-likeness (QED) is 0.509. The molecule has 0 atom stereocenters. The standard InChI is InChI=1S/C11H26N4O2S/c1-9(2)8-15(7-6-11(12)13)18(16,17)14(5)10(3)4/h9-10H,6-8H2,1-5H3,(H3,12,13). The van der Waals surface area contributed by atoms with Gasteiger partial charge in [0, 0.05) is 32.6 Å². The van der Waals surface area contributed by atoms with Crippen LogP contribution in [0.15, 0.2) is 0 Å². The van der Waals surface area contributed by atoms with E-state index in [1.54, 1.807) is 7.05 Å². The van der Waals surface area contributed by atoms with Gasteiger partial charge in [0.2, 0.25) is 0 Å². The van der Waals surface area contributed by atoms with Crippen LogP contribution in [0.1, 0.15) is 34.1 Å². The van der Waals surface area contributed by atoms with E-state index in [2.05, 4.69) is 0 Å². The Morgan fingerprint density at radius 1 is 1.28 bits per heavy atom. The van der Waals surface area contributed by atoms with Gasteiger partial charge in [-0.2, -0.15) is 17.0 Å². The Morgan fingerprint density at radius 3 is 2.11 bits per heavy atom. The predicted molar refractivity (Wildman–Crippen MR) is 74.8 cm³/mol. The Labute approximate surface area is 111 Å². The van der Waals surface area contributed by atoms with Crippen molar-refractivity contribution in [2.24, 2.45) is 11.7 Å². The van der Waals surface area contributed by atoms with Gasteiger partial charge in [-0.05, 0) is 19.8 Å². The molecule has 0 aromatic rings. The minimum Gasteiger partial charge on any atom is -0.388 e. The number of nitrogens with zero attached hydrogens (tertiary/aromatic N) is 2. The van der Waals surface area contributed by atoms with Crippen molar-refractivity contribution in [3.8, 4) is 0 Å². The fourth-order valence-corrected chi connectivity index (χ4v) is 3.11. The van der Waals surface area contributed by atoms with Crippen molar-refractivity contribution in [1.82, 2.24) is 8.61 Å². The zero-order valence-electron chi connectivity index (χ0n) is 12.0. The van der Waals surface area contributed by atoms with Crippen LogP contribution < -0.4 is 5.73 Å². The Morgan fingerprint density at radius 2 is 1.78 bits per heavy atom. The molecule has 0 heterocycles. The van der Waals surface area contributed by atoms with Gasteiger partial charge in [0.15, 0.2) is 0 Å². The van der Waals surface area contributed by atoms with E-state index < -0.39 is 10.2 Å². The van der Waals surface area contributed by atoms with E-state index in [1.807, 2.05) is 27.7 Å². The van der Waals surface area contributed by atoms with Crippen molar-refractivity contribution in [2.75, 3.05) is 20.1 Å². The summed E-state index contributed by atoms with van der Waals surface area (Å²) in [4.78, 5) is 0. The Kier molecular flexibility index (Phi) is 6.80. The molecule has 0 unspecified atom stereocenters. The van der Waals surface area contributed by atoms with Gasteiger partial charge < -0.3 is 5.73 Å². The third-order valence-electron chi connectivity index (χ3n) is 2.62. The fraction of sp³-hybridized carbons (Fsp3) is 0.909. The highest BCUT2D eigenvalue weighted by Gasteiger charge is 2.28. The van der Waals surface area contributed by atoms with Gasteiger partial charge >= 0.3 is 0 Å².